The molecule has 8 heteroatoms. The number of rotatable bonds is 8. The van der Waals surface area contributed by atoms with Crippen LogP contribution < -0.4 is 19.5 Å². The second-order valence-electron chi connectivity index (χ2n) is 5.75. The summed E-state index contributed by atoms with van der Waals surface area (Å²) in [6.07, 6.45) is 2.92. The minimum absolute atomic E-state index is 0.0316. The van der Waals surface area contributed by atoms with Gasteiger partial charge in [-0.2, -0.15) is 8.78 Å². The third kappa shape index (κ3) is 5.85. The van der Waals surface area contributed by atoms with Crippen LogP contribution in [-0.4, -0.2) is 26.7 Å². The van der Waals surface area contributed by atoms with Crippen molar-refractivity contribution in [2.24, 2.45) is 0 Å². The van der Waals surface area contributed by atoms with E-state index in [2.05, 4.69) is 10.1 Å². The number of ether oxygens (including phenoxy) is 3. The molecule has 2 aromatic rings. The Bertz CT molecular complexity index is 858. The zero-order valence-corrected chi connectivity index (χ0v) is 16.3. The molecular formula is C20H20ClF2NO4. The summed E-state index contributed by atoms with van der Waals surface area (Å²) in [5.41, 5.74) is 1.28. The molecule has 5 nitrogen and oxygen atoms in total. The molecule has 0 fully saturated rings. The quantitative estimate of drug-likeness (QED) is 0.631. The normalized spacial score (nSPS) is 12.1. The van der Waals surface area contributed by atoms with Crippen LogP contribution >= 0.6 is 11.6 Å². The molecule has 28 heavy (non-hydrogen) atoms. The first-order chi connectivity index (χ1) is 13.3. The average molecular weight is 412 g/mol. The maximum absolute atomic E-state index is 12.3. The van der Waals surface area contributed by atoms with Crippen molar-refractivity contribution in [3.8, 4) is 17.2 Å². The van der Waals surface area contributed by atoms with E-state index >= 15 is 0 Å². The van der Waals surface area contributed by atoms with Crippen molar-refractivity contribution in [2.75, 3.05) is 14.2 Å². The highest BCUT2D eigenvalue weighted by molar-refractivity contribution is 6.32. The van der Waals surface area contributed by atoms with Gasteiger partial charge in [0, 0.05) is 6.08 Å². The van der Waals surface area contributed by atoms with Crippen LogP contribution in [0.2, 0.25) is 5.02 Å². The first kappa shape index (κ1) is 21.5. The minimum Gasteiger partial charge on any atom is -0.493 e. The van der Waals surface area contributed by atoms with Gasteiger partial charge in [-0.05, 0) is 48.4 Å². The van der Waals surface area contributed by atoms with Crippen molar-refractivity contribution in [3.05, 3.63) is 58.6 Å². The van der Waals surface area contributed by atoms with E-state index in [4.69, 9.17) is 21.1 Å². The monoisotopic (exact) mass is 411 g/mol. The van der Waals surface area contributed by atoms with Gasteiger partial charge in [0.2, 0.25) is 5.91 Å². The molecule has 0 saturated heterocycles. The van der Waals surface area contributed by atoms with E-state index < -0.39 is 12.7 Å². The predicted molar refractivity (Wildman–Crippen MR) is 103 cm³/mol. The number of methoxy groups -OCH3 is 2. The molecule has 0 heterocycles. The Morgan fingerprint density at radius 2 is 1.93 bits per heavy atom. The summed E-state index contributed by atoms with van der Waals surface area (Å²) >= 11 is 6.14. The van der Waals surface area contributed by atoms with E-state index in [-0.39, 0.29) is 11.7 Å². The molecule has 1 unspecified atom stereocenters. The van der Waals surface area contributed by atoms with E-state index in [0.29, 0.717) is 27.6 Å². The number of hydrogen-bond acceptors (Lipinski definition) is 4. The molecule has 150 valence electrons. The number of hydrogen-bond donors (Lipinski definition) is 1. The van der Waals surface area contributed by atoms with Crippen molar-refractivity contribution in [1.29, 1.82) is 0 Å². The number of halogens is 3. The fourth-order valence-corrected chi connectivity index (χ4v) is 2.81. The van der Waals surface area contributed by atoms with Crippen LogP contribution in [0.25, 0.3) is 6.08 Å². The summed E-state index contributed by atoms with van der Waals surface area (Å²) < 4.78 is 39.4. The van der Waals surface area contributed by atoms with E-state index in [1.165, 1.54) is 32.4 Å². The van der Waals surface area contributed by atoms with Crippen molar-refractivity contribution in [3.63, 3.8) is 0 Å². The lowest BCUT2D eigenvalue weighted by Crippen LogP contribution is -2.24. The molecule has 0 aliphatic heterocycles. The van der Waals surface area contributed by atoms with Gasteiger partial charge in [-0.3, -0.25) is 4.79 Å². The Morgan fingerprint density at radius 3 is 2.57 bits per heavy atom. The Balaban J connectivity index is 2.06. The van der Waals surface area contributed by atoms with Gasteiger partial charge in [-0.25, -0.2) is 0 Å². The molecule has 0 aromatic heterocycles. The van der Waals surface area contributed by atoms with Crippen LogP contribution in [0.1, 0.15) is 24.1 Å². The number of benzene rings is 2. The van der Waals surface area contributed by atoms with Gasteiger partial charge in [0.25, 0.3) is 0 Å². The minimum atomic E-state index is -2.91. The number of alkyl halides is 2. The summed E-state index contributed by atoms with van der Waals surface area (Å²) in [5, 5.41) is 3.11. The third-order valence-electron chi connectivity index (χ3n) is 3.83. The van der Waals surface area contributed by atoms with E-state index in [1.54, 1.807) is 37.3 Å². The summed E-state index contributed by atoms with van der Waals surface area (Å²) in [6.45, 7) is -1.17. The maximum Gasteiger partial charge on any atom is 0.387 e. The Hall–Kier alpha value is -2.80. The standard InChI is InChI=1S/C20H20ClF2NO4/c1-12(14-5-4-6-15(11-14)28-20(22)23)24-18(25)8-7-13-9-16(21)19(27-3)17(10-13)26-2/h4-12,20H,1-3H3,(H,24,25)/b8-7+. The third-order valence-corrected chi connectivity index (χ3v) is 4.11. The smallest absolute Gasteiger partial charge is 0.387 e. The highest BCUT2D eigenvalue weighted by Gasteiger charge is 2.12. The highest BCUT2D eigenvalue weighted by Crippen LogP contribution is 2.36. The van der Waals surface area contributed by atoms with Crippen molar-refractivity contribution in [1.82, 2.24) is 5.32 Å². The number of carbonyl (C=O) groups excluding carboxylic acids is 1. The molecule has 1 N–H and O–H groups in total. The van der Waals surface area contributed by atoms with E-state index in [1.807, 2.05) is 0 Å². The van der Waals surface area contributed by atoms with Gasteiger partial charge in [0.1, 0.15) is 5.75 Å². The number of amides is 1. The molecule has 0 aliphatic carbocycles. The van der Waals surface area contributed by atoms with Gasteiger partial charge < -0.3 is 19.5 Å². The number of nitrogens with one attached hydrogen (secondary N) is 1. The lowest BCUT2D eigenvalue weighted by Gasteiger charge is -2.14. The van der Waals surface area contributed by atoms with Gasteiger partial charge in [0.05, 0.1) is 25.3 Å². The van der Waals surface area contributed by atoms with Gasteiger partial charge in [-0.1, -0.05) is 23.7 Å². The van der Waals surface area contributed by atoms with Crippen molar-refractivity contribution >= 4 is 23.6 Å². The summed E-state index contributed by atoms with van der Waals surface area (Å²) in [5.74, 6) is 0.521. The molecule has 0 spiro atoms. The zero-order chi connectivity index (χ0) is 20.7. The molecule has 1 atom stereocenters. The van der Waals surface area contributed by atoms with Gasteiger partial charge in [-0.15, -0.1) is 0 Å². The van der Waals surface area contributed by atoms with Crippen LogP contribution in [0.5, 0.6) is 17.2 Å². The van der Waals surface area contributed by atoms with Crippen molar-refractivity contribution in [2.45, 2.75) is 19.6 Å². The average Bonchev–Trinajstić information content (AvgIpc) is 2.65. The zero-order valence-electron chi connectivity index (χ0n) is 15.5. The molecule has 0 radical (unpaired) electrons. The Kier molecular flexibility index (Phi) is 7.63. The second-order valence-corrected chi connectivity index (χ2v) is 6.16. The van der Waals surface area contributed by atoms with Crippen LogP contribution in [0, 0.1) is 0 Å². The molecule has 2 rings (SSSR count). The predicted octanol–water partition coefficient (Wildman–Crippen LogP) is 4.85. The first-order valence-electron chi connectivity index (χ1n) is 8.29. The van der Waals surface area contributed by atoms with Crippen LogP contribution in [0.15, 0.2) is 42.5 Å². The van der Waals surface area contributed by atoms with Crippen LogP contribution in [-0.2, 0) is 4.79 Å². The maximum atomic E-state index is 12.3. The van der Waals surface area contributed by atoms with Crippen molar-refractivity contribution < 1.29 is 27.8 Å². The van der Waals surface area contributed by atoms with Gasteiger partial charge in [0.15, 0.2) is 11.5 Å². The van der Waals surface area contributed by atoms with E-state index in [0.717, 1.165) is 0 Å². The first-order valence-corrected chi connectivity index (χ1v) is 8.66. The Morgan fingerprint density at radius 1 is 1.18 bits per heavy atom. The molecule has 2 aromatic carbocycles. The summed E-state index contributed by atoms with van der Waals surface area (Å²) in [4.78, 5) is 12.2. The largest absolute Gasteiger partial charge is 0.493 e. The number of carbonyl (C=O) groups is 1. The molecule has 1 amide bonds. The summed E-state index contributed by atoms with van der Waals surface area (Å²) in [7, 11) is 2.97. The topological polar surface area (TPSA) is 56.8 Å². The molecular weight excluding hydrogens is 392 g/mol. The second kappa shape index (κ2) is 9.94. The lowest BCUT2D eigenvalue weighted by molar-refractivity contribution is -0.117. The van der Waals surface area contributed by atoms with E-state index in [9.17, 15) is 13.6 Å². The molecule has 0 aliphatic rings. The highest BCUT2D eigenvalue weighted by atomic mass is 35.5. The van der Waals surface area contributed by atoms with Crippen LogP contribution in [0.4, 0.5) is 8.78 Å². The summed E-state index contributed by atoms with van der Waals surface area (Å²) in [6, 6.07) is 9.08. The lowest BCUT2D eigenvalue weighted by atomic mass is 10.1. The molecule has 0 bridgehead atoms. The molecule has 0 saturated carbocycles. The van der Waals surface area contributed by atoms with Gasteiger partial charge >= 0.3 is 6.61 Å². The fourth-order valence-electron chi connectivity index (χ4n) is 2.51. The van der Waals surface area contributed by atoms with Crippen LogP contribution in [0.3, 0.4) is 0 Å². The SMILES string of the molecule is COc1cc(/C=C/C(=O)NC(C)c2cccc(OC(F)F)c2)cc(Cl)c1OC. The Labute approximate surface area is 166 Å². The fraction of sp³-hybridized carbons (Fsp3) is 0.250.